The second-order valence-corrected chi connectivity index (χ2v) is 7.17. The highest BCUT2D eigenvalue weighted by atomic mass is 16.6. The standard InChI is InChI=1S/C21H22N2O6/c1-22(2)7-8-23-18(15-4-3-9-27-15)17(20(25)21(23)26)19(24)13-5-6-14-16(12-13)29-11-10-28-14/h3-6,9,12,18,24H,7-8,10-11H2,1-2H3/t18-/m0/s1. The van der Waals surface area contributed by atoms with Crippen LogP contribution in [0.2, 0.25) is 0 Å². The van der Waals surface area contributed by atoms with E-state index in [1.807, 2.05) is 19.0 Å². The molecule has 0 bridgehead atoms. The summed E-state index contributed by atoms with van der Waals surface area (Å²) in [5.74, 6) is -0.195. The Kier molecular flexibility index (Phi) is 5.02. The molecule has 0 unspecified atom stereocenters. The first-order valence-electron chi connectivity index (χ1n) is 9.34. The highest BCUT2D eigenvalue weighted by Crippen LogP contribution is 2.41. The van der Waals surface area contributed by atoms with Crippen LogP contribution in [0.15, 0.2) is 46.6 Å². The summed E-state index contributed by atoms with van der Waals surface area (Å²) in [6.45, 7) is 1.74. The van der Waals surface area contributed by atoms with Gasteiger partial charge >= 0.3 is 0 Å². The molecule has 0 saturated carbocycles. The second-order valence-electron chi connectivity index (χ2n) is 7.17. The fourth-order valence-electron chi connectivity index (χ4n) is 3.51. The number of hydrogen-bond donors (Lipinski definition) is 1. The van der Waals surface area contributed by atoms with Gasteiger partial charge in [-0.3, -0.25) is 9.59 Å². The lowest BCUT2D eigenvalue weighted by Crippen LogP contribution is -2.35. The molecule has 0 aliphatic carbocycles. The Morgan fingerprint density at radius 2 is 1.93 bits per heavy atom. The number of rotatable bonds is 5. The van der Waals surface area contributed by atoms with Crippen molar-refractivity contribution in [3.05, 3.63) is 53.5 Å². The number of likely N-dealkylation sites (N-methyl/N-ethyl adjacent to an activating group) is 1. The lowest BCUT2D eigenvalue weighted by Gasteiger charge is -2.24. The number of hydrogen-bond acceptors (Lipinski definition) is 7. The molecule has 1 atom stereocenters. The first-order valence-corrected chi connectivity index (χ1v) is 9.34. The smallest absolute Gasteiger partial charge is 0.295 e. The maximum atomic E-state index is 12.8. The van der Waals surface area contributed by atoms with Crippen LogP contribution in [0.1, 0.15) is 17.4 Å². The van der Waals surface area contributed by atoms with Gasteiger partial charge < -0.3 is 28.8 Å². The number of aliphatic hydroxyl groups excluding tert-OH is 1. The van der Waals surface area contributed by atoms with Crippen LogP contribution in [0, 0.1) is 0 Å². The number of Topliss-reactive ketones (excluding diaryl/α,β-unsaturated/α-hetero) is 1. The molecule has 3 heterocycles. The molecular weight excluding hydrogens is 376 g/mol. The molecule has 2 aromatic rings. The SMILES string of the molecule is CN(C)CCN1C(=O)C(=O)C(=C(O)c2ccc3c(c2)OCCO3)[C@@H]1c1ccco1. The molecule has 1 amide bonds. The first kappa shape index (κ1) is 19.1. The van der Waals surface area contributed by atoms with Crippen LogP contribution in [0.5, 0.6) is 11.5 Å². The van der Waals surface area contributed by atoms with E-state index in [1.165, 1.54) is 11.2 Å². The zero-order valence-corrected chi connectivity index (χ0v) is 16.3. The van der Waals surface area contributed by atoms with Crippen molar-refractivity contribution >= 4 is 17.4 Å². The van der Waals surface area contributed by atoms with Gasteiger partial charge in [-0.2, -0.15) is 0 Å². The molecule has 0 radical (unpaired) electrons. The van der Waals surface area contributed by atoms with Crippen LogP contribution in [-0.2, 0) is 9.59 Å². The third-order valence-electron chi connectivity index (χ3n) is 4.96. The van der Waals surface area contributed by atoms with Gasteiger partial charge in [-0.15, -0.1) is 0 Å². The summed E-state index contributed by atoms with van der Waals surface area (Å²) < 4.78 is 16.6. The Bertz CT molecular complexity index is 964. The van der Waals surface area contributed by atoms with Crippen LogP contribution in [0.25, 0.3) is 5.76 Å². The highest BCUT2D eigenvalue weighted by Gasteiger charge is 2.47. The third-order valence-corrected chi connectivity index (χ3v) is 4.96. The Labute approximate surface area is 167 Å². The number of ketones is 1. The summed E-state index contributed by atoms with van der Waals surface area (Å²) in [5, 5.41) is 11.0. The molecule has 2 aliphatic heterocycles. The maximum absolute atomic E-state index is 12.8. The monoisotopic (exact) mass is 398 g/mol. The molecule has 0 spiro atoms. The van der Waals surface area contributed by atoms with E-state index in [4.69, 9.17) is 13.9 Å². The van der Waals surface area contributed by atoms with Gasteiger partial charge in [0, 0.05) is 18.7 Å². The molecule has 8 heteroatoms. The largest absolute Gasteiger partial charge is 0.507 e. The molecule has 1 aromatic heterocycles. The van der Waals surface area contributed by atoms with Crippen LogP contribution < -0.4 is 9.47 Å². The Morgan fingerprint density at radius 3 is 2.62 bits per heavy atom. The number of nitrogens with zero attached hydrogens (tertiary/aromatic N) is 2. The van der Waals surface area contributed by atoms with E-state index in [-0.39, 0.29) is 11.3 Å². The van der Waals surface area contributed by atoms with Crippen molar-refractivity contribution in [2.45, 2.75) is 6.04 Å². The van der Waals surface area contributed by atoms with Gasteiger partial charge in [0.1, 0.15) is 30.8 Å². The van der Waals surface area contributed by atoms with Gasteiger partial charge in [0.25, 0.3) is 11.7 Å². The third kappa shape index (κ3) is 3.47. The van der Waals surface area contributed by atoms with Gasteiger partial charge in [0.2, 0.25) is 0 Å². The van der Waals surface area contributed by atoms with E-state index >= 15 is 0 Å². The summed E-state index contributed by atoms with van der Waals surface area (Å²) in [6, 6.07) is 7.50. The summed E-state index contributed by atoms with van der Waals surface area (Å²) >= 11 is 0. The van der Waals surface area contributed by atoms with E-state index in [0.29, 0.717) is 49.1 Å². The average Bonchev–Trinajstić information content (AvgIpc) is 3.33. The normalized spacial score (nSPS) is 20.5. The number of fused-ring (bicyclic) bond motifs is 1. The summed E-state index contributed by atoms with van der Waals surface area (Å²) in [5.41, 5.74) is 0.372. The molecule has 1 N–H and O–H groups in total. The Morgan fingerprint density at radius 1 is 1.17 bits per heavy atom. The van der Waals surface area contributed by atoms with Crippen LogP contribution in [-0.4, -0.2) is 67.0 Å². The summed E-state index contributed by atoms with van der Waals surface area (Å²) in [4.78, 5) is 28.9. The Hall–Kier alpha value is -3.26. The van der Waals surface area contributed by atoms with Gasteiger partial charge in [0.05, 0.1) is 11.8 Å². The van der Waals surface area contributed by atoms with E-state index in [9.17, 15) is 14.7 Å². The fourth-order valence-corrected chi connectivity index (χ4v) is 3.51. The molecule has 4 rings (SSSR count). The minimum atomic E-state index is -0.793. The minimum absolute atomic E-state index is 0.000355. The van der Waals surface area contributed by atoms with Crippen LogP contribution in [0.4, 0.5) is 0 Å². The van der Waals surface area contributed by atoms with Crippen LogP contribution >= 0.6 is 0 Å². The lowest BCUT2D eigenvalue weighted by atomic mass is 9.99. The van der Waals surface area contributed by atoms with Crippen LogP contribution in [0.3, 0.4) is 0 Å². The molecule has 29 heavy (non-hydrogen) atoms. The number of aliphatic hydroxyl groups is 1. The summed E-state index contributed by atoms with van der Waals surface area (Å²) in [7, 11) is 3.77. The van der Waals surface area contributed by atoms with Gasteiger partial charge in [-0.1, -0.05) is 0 Å². The number of carbonyl (C=O) groups is 2. The van der Waals surface area contributed by atoms with Crippen molar-refractivity contribution in [1.29, 1.82) is 0 Å². The van der Waals surface area contributed by atoms with Gasteiger partial charge in [-0.25, -0.2) is 0 Å². The minimum Gasteiger partial charge on any atom is -0.507 e. The highest BCUT2D eigenvalue weighted by molar-refractivity contribution is 6.46. The molecular formula is C21H22N2O6. The van der Waals surface area contributed by atoms with E-state index in [1.54, 1.807) is 30.3 Å². The van der Waals surface area contributed by atoms with Crippen molar-refractivity contribution in [2.24, 2.45) is 0 Å². The van der Waals surface area contributed by atoms with E-state index < -0.39 is 17.7 Å². The van der Waals surface area contributed by atoms with E-state index in [2.05, 4.69) is 0 Å². The lowest BCUT2D eigenvalue weighted by molar-refractivity contribution is -0.140. The second kappa shape index (κ2) is 7.63. The van der Waals surface area contributed by atoms with Crippen molar-refractivity contribution in [3.8, 4) is 11.5 Å². The van der Waals surface area contributed by atoms with Crippen molar-refractivity contribution in [2.75, 3.05) is 40.4 Å². The number of amides is 1. The zero-order chi connectivity index (χ0) is 20.5. The fraction of sp³-hybridized carbons (Fsp3) is 0.333. The molecule has 2 aliphatic rings. The summed E-state index contributed by atoms with van der Waals surface area (Å²) in [6.07, 6.45) is 1.48. The van der Waals surface area contributed by atoms with Gasteiger partial charge in [-0.05, 0) is 44.4 Å². The molecule has 152 valence electrons. The Balaban J connectivity index is 1.79. The molecule has 8 nitrogen and oxygen atoms in total. The first-order chi connectivity index (χ1) is 14.0. The molecule has 1 aromatic carbocycles. The topological polar surface area (TPSA) is 92.5 Å². The molecule has 1 saturated heterocycles. The average molecular weight is 398 g/mol. The van der Waals surface area contributed by atoms with Crippen molar-refractivity contribution in [1.82, 2.24) is 9.80 Å². The molecule has 1 fully saturated rings. The number of ether oxygens (including phenoxy) is 2. The van der Waals surface area contributed by atoms with Gasteiger partial charge in [0.15, 0.2) is 11.5 Å². The number of furan rings is 1. The van der Waals surface area contributed by atoms with E-state index in [0.717, 1.165) is 0 Å². The maximum Gasteiger partial charge on any atom is 0.295 e. The predicted octanol–water partition coefficient (Wildman–Crippen LogP) is 2.03. The van der Waals surface area contributed by atoms with Crippen molar-refractivity contribution < 1.29 is 28.6 Å². The number of carbonyl (C=O) groups excluding carboxylic acids is 2. The number of likely N-dealkylation sites (tertiary alicyclic amines) is 1. The quantitative estimate of drug-likeness (QED) is 0.468. The zero-order valence-electron chi connectivity index (χ0n) is 16.3. The van der Waals surface area contributed by atoms with Crippen molar-refractivity contribution in [3.63, 3.8) is 0 Å². The number of benzene rings is 1. The predicted molar refractivity (Wildman–Crippen MR) is 104 cm³/mol.